The lowest BCUT2D eigenvalue weighted by Gasteiger charge is -1.96. The summed E-state index contributed by atoms with van der Waals surface area (Å²) < 4.78 is 13.3. The molecule has 0 N–H and O–H groups in total. The Morgan fingerprint density at radius 1 is 1.27 bits per heavy atom. The van der Waals surface area contributed by atoms with Crippen LogP contribution in [0.15, 0.2) is 29.3 Å². The molecule has 0 saturated heterocycles. The SMILES string of the molecule is Fc1ccc(/C(Br)=C/Br)cc1. The summed E-state index contributed by atoms with van der Waals surface area (Å²) in [4.78, 5) is 1.74. The molecule has 0 saturated carbocycles. The molecule has 0 heterocycles. The molecule has 1 rings (SSSR count). The van der Waals surface area contributed by atoms with Crippen molar-refractivity contribution in [3.63, 3.8) is 0 Å². The van der Waals surface area contributed by atoms with E-state index in [9.17, 15) is 4.39 Å². The van der Waals surface area contributed by atoms with Crippen LogP contribution in [-0.2, 0) is 0 Å². The standard InChI is InChI=1S/C8H5Br2F/c9-5-8(10)6-1-3-7(11)4-2-6/h1-5H/b8-5-. The highest BCUT2D eigenvalue weighted by atomic mass is 79.9. The molecule has 0 aliphatic rings. The Morgan fingerprint density at radius 2 is 1.82 bits per heavy atom. The fourth-order valence-corrected chi connectivity index (χ4v) is 1.20. The van der Waals surface area contributed by atoms with Gasteiger partial charge in [-0.1, -0.05) is 28.1 Å². The molecule has 0 aliphatic heterocycles. The van der Waals surface area contributed by atoms with Gasteiger partial charge in [0.2, 0.25) is 0 Å². The minimum absolute atomic E-state index is 0.219. The van der Waals surface area contributed by atoms with E-state index in [2.05, 4.69) is 31.9 Å². The van der Waals surface area contributed by atoms with Crippen molar-refractivity contribution in [2.75, 3.05) is 0 Å². The van der Waals surface area contributed by atoms with Crippen LogP contribution in [0.3, 0.4) is 0 Å². The van der Waals surface area contributed by atoms with Crippen molar-refractivity contribution in [1.29, 1.82) is 0 Å². The molecule has 3 heteroatoms. The molecule has 0 spiro atoms. The molecular weight excluding hydrogens is 275 g/mol. The number of hydrogen-bond donors (Lipinski definition) is 0. The van der Waals surface area contributed by atoms with Gasteiger partial charge in [0.25, 0.3) is 0 Å². The van der Waals surface area contributed by atoms with Gasteiger partial charge >= 0.3 is 0 Å². The highest BCUT2D eigenvalue weighted by molar-refractivity contribution is 9.16. The van der Waals surface area contributed by atoms with E-state index >= 15 is 0 Å². The second-order valence-electron chi connectivity index (χ2n) is 1.96. The quantitative estimate of drug-likeness (QED) is 0.731. The van der Waals surface area contributed by atoms with E-state index in [4.69, 9.17) is 0 Å². The van der Waals surface area contributed by atoms with Crippen molar-refractivity contribution in [2.45, 2.75) is 0 Å². The molecule has 0 radical (unpaired) electrons. The van der Waals surface area contributed by atoms with Crippen LogP contribution in [0.5, 0.6) is 0 Å². The van der Waals surface area contributed by atoms with E-state index in [0.717, 1.165) is 10.0 Å². The predicted octanol–water partition coefficient (Wildman–Crippen LogP) is 3.91. The Labute approximate surface area is 81.4 Å². The average molecular weight is 280 g/mol. The first-order chi connectivity index (χ1) is 5.24. The summed E-state index contributed by atoms with van der Waals surface area (Å²) in [5.41, 5.74) is 0.947. The van der Waals surface area contributed by atoms with Crippen LogP contribution >= 0.6 is 31.9 Å². The third kappa shape index (κ3) is 2.42. The van der Waals surface area contributed by atoms with E-state index in [1.165, 1.54) is 12.1 Å². The Hall–Kier alpha value is -0.150. The van der Waals surface area contributed by atoms with Gasteiger partial charge in [0.15, 0.2) is 0 Å². The molecule has 58 valence electrons. The second-order valence-corrected chi connectivity index (χ2v) is 3.28. The summed E-state index contributed by atoms with van der Waals surface area (Å²) in [6, 6.07) is 6.26. The first-order valence-corrected chi connectivity index (χ1v) is 4.66. The topological polar surface area (TPSA) is 0 Å². The molecule has 11 heavy (non-hydrogen) atoms. The van der Waals surface area contributed by atoms with Crippen molar-refractivity contribution >= 4 is 36.3 Å². The lowest BCUT2D eigenvalue weighted by molar-refractivity contribution is 0.628. The maximum Gasteiger partial charge on any atom is 0.123 e. The van der Waals surface area contributed by atoms with Crippen LogP contribution in [0.4, 0.5) is 4.39 Å². The Balaban J connectivity index is 2.99. The van der Waals surface area contributed by atoms with Crippen molar-refractivity contribution in [1.82, 2.24) is 0 Å². The maximum atomic E-state index is 12.4. The highest BCUT2D eigenvalue weighted by Gasteiger charge is 1.95. The van der Waals surface area contributed by atoms with Crippen molar-refractivity contribution in [3.8, 4) is 0 Å². The van der Waals surface area contributed by atoms with Gasteiger partial charge in [-0.25, -0.2) is 4.39 Å². The normalized spacial score (nSPS) is 11.7. The minimum Gasteiger partial charge on any atom is -0.207 e. The van der Waals surface area contributed by atoms with Crippen LogP contribution in [0.2, 0.25) is 0 Å². The van der Waals surface area contributed by atoms with E-state index in [1.807, 2.05) is 0 Å². The van der Waals surface area contributed by atoms with Crippen molar-refractivity contribution in [2.24, 2.45) is 0 Å². The number of halogens is 3. The van der Waals surface area contributed by atoms with Gasteiger partial charge in [-0.3, -0.25) is 0 Å². The first-order valence-electron chi connectivity index (χ1n) is 2.96. The Kier molecular flexibility index (Phi) is 3.27. The van der Waals surface area contributed by atoms with Gasteiger partial charge in [0.05, 0.1) is 0 Å². The monoisotopic (exact) mass is 278 g/mol. The zero-order chi connectivity index (χ0) is 8.27. The molecule has 0 unspecified atom stereocenters. The van der Waals surface area contributed by atoms with E-state index in [1.54, 1.807) is 17.1 Å². The van der Waals surface area contributed by atoms with Crippen molar-refractivity contribution < 1.29 is 4.39 Å². The summed E-state index contributed by atoms with van der Waals surface area (Å²) in [6.07, 6.45) is 0. The Morgan fingerprint density at radius 3 is 2.27 bits per heavy atom. The molecule has 1 aromatic rings. The van der Waals surface area contributed by atoms with Crippen LogP contribution in [-0.4, -0.2) is 0 Å². The van der Waals surface area contributed by atoms with Crippen LogP contribution in [0.1, 0.15) is 5.56 Å². The Bertz CT molecular complexity index is 264. The fraction of sp³-hybridized carbons (Fsp3) is 0. The molecular formula is C8H5Br2F. The van der Waals surface area contributed by atoms with Crippen LogP contribution in [0, 0.1) is 5.82 Å². The zero-order valence-corrected chi connectivity index (χ0v) is 8.69. The maximum absolute atomic E-state index is 12.4. The second kappa shape index (κ2) is 4.02. The summed E-state index contributed by atoms with van der Waals surface area (Å²) in [5.74, 6) is -0.219. The van der Waals surface area contributed by atoms with Gasteiger partial charge in [-0.15, -0.1) is 0 Å². The summed E-state index contributed by atoms with van der Waals surface area (Å²) in [6.45, 7) is 0. The number of hydrogen-bond acceptors (Lipinski definition) is 0. The van der Waals surface area contributed by atoms with E-state index in [0.29, 0.717) is 0 Å². The fourth-order valence-electron chi connectivity index (χ4n) is 0.672. The van der Waals surface area contributed by atoms with Gasteiger partial charge in [0, 0.05) is 4.48 Å². The third-order valence-corrected chi connectivity index (χ3v) is 2.97. The van der Waals surface area contributed by atoms with Crippen LogP contribution < -0.4 is 0 Å². The molecule has 0 aliphatic carbocycles. The molecule has 0 bridgehead atoms. The highest BCUT2D eigenvalue weighted by Crippen LogP contribution is 2.22. The molecule has 0 fully saturated rings. The lowest BCUT2D eigenvalue weighted by atomic mass is 10.2. The lowest BCUT2D eigenvalue weighted by Crippen LogP contribution is -1.76. The van der Waals surface area contributed by atoms with Gasteiger partial charge in [-0.2, -0.15) is 0 Å². The van der Waals surface area contributed by atoms with E-state index < -0.39 is 0 Å². The smallest absolute Gasteiger partial charge is 0.123 e. The summed E-state index contributed by atoms with van der Waals surface area (Å²) in [7, 11) is 0. The third-order valence-electron chi connectivity index (χ3n) is 1.22. The number of benzene rings is 1. The van der Waals surface area contributed by atoms with Gasteiger partial charge < -0.3 is 0 Å². The minimum atomic E-state index is -0.219. The average Bonchev–Trinajstić information content (AvgIpc) is 2.05. The number of rotatable bonds is 1. The largest absolute Gasteiger partial charge is 0.207 e. The van der Waals surface area contributed by atoms with Crippen molar-refractivity contribution in [3.05, 3.63) is 40.6 Å². The predicted molar refractivity (Wildman–Crippen MR) is 52.2 cm³/mol. The summed E-state index contributed by atoms with van der Waals surface area (Å²) in [5, 5.41) is 0. The summed E-state index contributed by atoms with van der Waals surface area (Å²) >= 11 is 6.47. The molecule has 0 atom stereocenters. The molecule has 0 aromatic heterocycles. The zero-order valence-electron chi connectivity index (χ0n) is 5.52. The molecule has 1 aromatic carbocycles. The van der Waals surface area contributed by atoms with Gasteiger partial charge in [-0.05, 0) is 38.6 Å². The van der Waals surface area contributed by atoms with Crippen LogP contribution in [0.25, 0.3) is 4.48 Å². The molecule has 0 nitrogen and oxygen atoms in total. The molecule has 0 amide bonds. The van der Waals surface area contributed by atoms with Gasteiger partial charge in [0.1, 0.15) is 5.82 Å². The first kappa shape index (κ1) is 8.94. The van der Waals surface area contributed by atoms with E-state index in [-0.39, 0.29) is 5.82 Å².